The summed E-state index contributed by atoms with van der Waals surface area (Å²) in [7, 11) is -5.84. The summed E-state index contributed by atoms with van der Waals surface area (Å²) < 4.78 is 64.0. The number of halogens is 3. The Labute approximate surface area is 81.0 Å². The molecule has 0 unspecified atom stereocenters. The third-order valence-electron chi connectivity index (χ3n) is 1.11. The normalized spacial score (nSPS) is 12.1. The van der Waals surface area contributed by atoms with E-state index in [1.807, 2.05) is 0 Å². The molecule has 6 nitrogen and oxygen atoms in total. The Bertz CT molecular complexity index is 497. The van der Waals surface area contributed by atoms with Crippen molar-refractivity contribution in [3.05, 3.63) is 12.1 Å². The molecule has 0 aromatic carbocycles. The fourth-order valence-electron chi connectivity index (χ4n) is 0.516. The van der Waals surface area contributed by atoms with E-state index in [1.165, 1.54) is 6.07 Å². The van der Waals surface area contributed by atoms with Crippen molar-refractivity contribution in [1.82, 2.24) is 4.98 Å². The monoisotopic (exact) mass is 242 g/mol. The number of alkyl halides is 3. The number of hydrogen-bond acceptors (Lipinski definition) is 6. The molecule has 0 aliphatic rings. The van der Waals surface area contributed by atoms with Crippen molar-refractivity contribution >= 4 is 10.1 Å². The molecule has 0 N–H and O–H groups in total. The Balaban J connectivity index is 3.04. The van der Waals surface area contributed by atoms with E-state index >= 15 is 0 Å². The van der Waals surface area contributed by atoms with Crippen LogP contribution in [0.5, 0.6) is 5.95 Å². The van der Waals surface area contributed by atoms with Gasteiger partial charge in [-0.3, -0.25) is 0 Å². The molecule has 0 amide bonds. The quantitative estimate of drug-likeness (QED) is 0.561. The van der Waals surface area contributed by atoms with Crippen molar-refractivity contribution in [1.29, 1.82) is 5.26 Å². The molecule has 0 atom stereocenters. The average Bonchev–Trinajstić information content (AvgIpc) is 2.48. The van der Waals surface area contributed by atoms with Gasteiger partial charge in [-0.25, -0.2) is 4.98 Å². The Hall–Kier alpha value is -1.76. The van der Waals surface area contributed by atoms with Gasteiger partial charge in [0.1, 0.15) is 6.07 Å². The average molecular weight is 242 g/mol. The van der Waals surface area contributed by atoms with Gasteiger partial charge in [0.2, 0.25) is 5.69 Å². The van der Waals surface area contributed by atoms with Gasteiger partial charge in [-0.05, 0) is 0 Å². The second-order valence-electron chi connectivity index (χ2n) is 2.08. The summed E-state index contributed by atoms with van der Waals surface area (Å²) in [5, 5.41) is 8.28. The van der Waals surface area contributed by atoms with Crippen molar-refractivity contribution < 1.29 is 30.2 Å². The van der Waals surface area contributed by atoms with Gasteiger partial charge in [-0.2, -0.15) is 26.9 Å². The molecule has 0 aliphatic carbocycles. The number of aromatic nitrogens is 1. The standard InChI is InChI=1S/C5HF3N2O4S/c6-5(7,8)15(11,12)14-4-3(1-9)10-2-13-4/h2H. The van der Waals surface area contributed by atoms with Crippen LogP contribution in [-0.4, -0.2) is 18.9 Å². The van der Waals surface area contributed by atoms with Gasteiger partial charge in [0, 0.05) is 0 Å². The van der Waals surface area contributed by atoms with E-state index in [9.17, 15) is 21.6 Å². The predicted octanol–water partition coefficient (Wildman–Crippen LogP) is 0.775. The van der Waals surface area contributed by atoms with E-state index in [1.54, 1.807) is 0 Å². The summed E-state index contributed by atoms with van der Waals surface area (Å²) in [5.41, 5.74) is -6.28. The Morgan fingerprint density at radius 2 is 2.13 bits per heavy atom. The van der Waals surface area contributed by atoms with Crippen molar-refractivity contribution in [2.24, 2.45) is 0 Å². The van der Waals surface area contributed by atoms with Gasteiger partial charge < -0.3 is 8.60 Å². The summed E-state index contributed by atoms with van der Waals surface area (Å²) >= 11 is 0. The minimum atomic E-state index is -5.84. The van der Waals surface area contributed by atoms with E-state index in [0.29, 0.717) is 6.39 Å². The molecule has 15 heavy (non-hydrogen) atoms. The van der Waals surface area contributed by atoms with Gasteiger partial charge in [0.15, 0.2) is 6.39 Å². The fraction of sp³-hybridized carbons (Fsp3) is 0.200. The lowest BCUT2D eigenvalue weighted by Gasteiger charge is -2.06. The highest BCUT2D eigenvalue weighted by Gasteiger charge is 2.49. The first kappa shape index (κ1) is 11.3. The molecule has 1 heterocycles. The highest BCUT2D eigenvalue weighted by molar-refractivity contribution is 7.87. The number of hydrogen-bond donors (Lipinski definition) is 0. The summed E-state index contributed by atoms with van der Waals surface area (Å²) in [6.45, 7) is 0. The molecule has 0 spiro atoms. The second-order valence-corrected chi connectivity index (χ2v) is 3.62. The molecule has 1 rings (SSSR count). The summed E-state index contributed by atoms with van der Waals surface area (Å²) in [5.74, 6) is -1.12. The lowest BCUT2D eigenvalue weighted by molar-refractivity contribution is -0.0506. The van der Waals surface area contributed by atoms with Gasteiger partial charge in [0.25, 0.3) is 0 Å². The lowest BCUT2D eigenvalue weighted by Crippen LogP contribution is -2.28. The smallest absolute Gasteiger partial charge is 0.411 e. The van der Waals surface area contributed by atoms with E-state index < -0.39 is 27.3 Å². The van der Waals surface area contributed by atoms with Crippen molar-refractivity contribution in [3.63, 3.8) is 0 Å². The van der Waals surface area contributed by atoms with Crippen molar-refractivity contribution in [2.45, 2.75) is 5.51 Å². The van der Waals surface area contributed by atoms with Crippen LogP contribution in [0.1, 0.15) is 5.69 Å². The minimum absolute atomic E-state index is 0.583. The van der Waals surface area contributed by atoms with Crippen LogP contribution >= 0.6 is 0 Å². The zero-order valence-electron chi connectivity index (χ0n) is 6.65. The van der Waals surface area contributed by atoms with Crippen molar-refractivity contribution in [2.75, 3.05) is 0 Å². The first-order valence-corrected chi connectivity index (χ1v) is 4.53. The fourth-order valence-corrected chi connectivity index (χ4v) is 0.928. The molecule has 0 radical (unpaired) electrons. The second kappa shape index (κ2) is 3.43. The van der Waals surface area contributed by atoms with Crippen LogP contribution < -0.4 is 4.18 Å². The van der Waals surface area contributed by atoms with Crippen LogP contribution in [-0.2, 0) is 10.1 Å². The number of nitrogens with zero attached hydrogens (tertiary/aromatic N) is 2. The van der Waals surface area contributed by atoms with Gasteiger partial charge in [-0.1, -0.05) is 0 Å². The number of nitriles is 1. The van der Waals surface area contributed by atoms with Crippen LogP contribution in [0.4, 0.5) is 13.2 Å². The first-order chi connectivity index (χ1) is 6.78. The number of oxazole rings is 1. The third kappa shape index (κ3) is 2.18. The van der Waals surface area contributed by atoms with E-state index in [-0.39, 0.29) is 0 Å². The van der Waals surface area contributed by atoms with E-state index in [2.05, 4.69) is 13.6 Å². The Kier molecular flexibility index (Phi) is 2.59. The SMILES string of the molecule is N#Cc1ncoc1OS(=O)(=O)C(F)(F)F. The molecule has 0 fully saturated rings. The van der Waals surface area contributed by atoms with Crippen LogP contribution in [0.2, 0.25) is 0 Å². The first-order valence-electron chi connectivity index (χ1n) is 3.12. The molecule has 10 heteroatoms. The zero-order valence-corrected chi connectivity index (χ0v) is 7.46. The van der Waals surface area contributed by atoms with Gasteiger partial charge in [-0.15, -0.1) is 0 Å². The van der Waals surface area contributed by atoms with E-state index in [0.717, 1.165) is 0 Å². The maximum Gasteiger partial charge on any atom is 0.534 e. The molecule has 0 saturated heterocycles. The third-order valence-corrected chi connectivity index (χ3v) is 2.05. The molecule has 0 aliphatic heterocycles. The van der Waals surface area contributed by atoms with Crippen molar-refractivity contribution in [3.8, 4) is 12.0 Å². The Morgan fingerprint density at radius 1 is 1.53 bits per heavy atom. The molecule has 0 saturated carbocycles. The molecule has 1 aromatic rings. The van der Waals surface area contributed by atoms with Crippen LogP contribution in [0.3, 0.4) is 0 Å². The van der Waals surface area contributed by atoms with E-state index in [4.69, 9.17) is 5.26 Å². The van der Waals surface area contributed by atoms with Crippen LogP contribution in [0.25, 0.3) is 0 Å². The molecule has 1 aromatic heterocycles. The molecule has 82 valence electrons. The van der Waals surface area contributed by atoms with Crippen LogP contribution in [0, 0.1) is 11.3 Å². The molecule has 0 bridgehead atoms. The largest absolute Gasteiger partial charge is 0.534 e. The highest BCUT2D eigenvalue weighted by Crippen LogP contribution is 2.28. The zero-order chi connectivity index (χ0) is 11.7. The number of rotatable bonds is 2. The topological polar surface area (TPSA) is 93.2 Å². The summed E-state index contributed by atoms with van der Waals surface area (Å²) in [6.07, 6.45) is 0.583. The van der Waals surface area contributed by atoms with Gasteiger partial charge in [0.05, 0.1) is 0 Å². The molecular weight excluding hydrogens is 241 g/mol. The maximum absolute atomic E-state index is 11.8. The lowest BCUT2D eigenvalue weighted by atomic mass is 10.5. The Morgan fingerprint density at radius 3 is 2.60 bits per heavy atom. The highest BCUT2D eigenvalue weighted by atomic mass is 32.2. The maximum atomic E-state index is 11.8. The summed E-state index contributed by atoms with van der Waals surface area (Å²) in [6, 6.07) is 1.29. The van der Waals surface area contributed by atoms with Gasteiger partial charge >= 0.3 is 21.6 Å². The summed E-state index contributed by atoms with van der Waals surface area (Å²) in [4.78, 5) is 3.12. The minimum Gasteiger partial charge on any atom is -0.411 e. The molecular formula is C5HF3N2O4S. The predicted molar refractivity (Wildman–Crippen MR) is 36.8 cm³/mol. The van der Waals surface area contributed by atoms with Crippen LogP contribution in [0.15, 0.2) is 10.8 Å².